The fourth-order valence-electron chi connectivity index (χ4n) is 2.12. The zero-order valence-corrected chi connectivity index (χ0v) is 11.0. The number of hydrogen-bond acceptors (Lipinski definition) is 4. The largest absolute Gasteiger partial charge is 0.391 e. The van der Waals surface area contributed by atoms with Crippen LogP contribution in [0.15, 0.2) is 0 Å². The molecule has 0 radical (unpaired) electrons. The summed E-state index contributed by atoms with van der Waals surface area (Å²) in [6.07, 6.45) is 2.23. The summed E-state index contributed by atoms with van der Waals surface area (Å²) in [4.78, 5) is 13.9. The smallest absolute Gasteiger partial charge is 0.226 e. The van der Waals surface area contributed by atoms with E-state index in [2.05, 4.69) is 0 Å². The van der Waals surface area contributed by atoms with Gasteiger partial charge in [-0.15, -0.1) is 0 Å². The molecule has 1 aliphatic rings. The van der Waals surface area contributed by atoms with Gasteiger partial charge < -0.3 is 14.7 Å². The van der Waals surface area contributed by atoms with Gasteiger partial charge in [0.05, 0.1) is 18.8 Å². The second-order valence-corrected chi connectivity index (χ2v) is 5.26. The van der Waals surface area contributed by atoms with E-state index in [9.17, 15) is 9.90 Å². The van der Waals surface area contributed by atoms with Gasteiger partial charge in [0.1, 0.15) is 0 Å². The van der Waals surface area contributed by atoms with Crippen molar-refractivity contribution in [3.8, 4) is 0 Å². The normalized spacial score (nSPS) is 27.1. The maximum atomic E-state index is 12.1. The van der Waals surface area contributed by atoms with Crippen molar-refractivity contribution < 1.29 is 14.6 Å². The summed E-state index contributed by atoms with van der Waals surface area (Å²) >= 11 is 1.67. The first-order valence-electron chi connectivity index (χ1n) is 5.56. The number of β-amino-alcohol motifs (C(OH)–C–C–N with tert-alkyl or cyclic N) is 1. The number of likely N-dealkylation sites (tertiary alicyclic amines) is 1. The van der Waals surface area contributed by atoms with Gasteiger partial charge >= 0.3 is 0 Å². The Kier molecular flexibility index (Phi) is 5.58. The standard InChI is InChI=1S/C11H21NO3S/c1-8(7-16-3)11(14)12-5-10(13)4-9(12)6-15-2/h8-10,13H,4-7H2,1-3H3/t8?,9-,10+/m0/s1. The van der Waals surface area contributed by atoms with Crippen molar-refractivity contribution in [1.82, 2.24) is 4.90 Å². The van der Waals surface area contributed by atoms with E-state index in [1.165, 1.54) is 0 Å². The predicted octanol–water partition coefficient (Wildman–Crippen LogP) is 0.594. The van der Waals surface area contributed by atoms with Crippen LogP contribution in [0.4, 0.5) is 0 Å². The molecule has 16 heavy (non-hydrogen) atoms. The summed E-state index contributed by atoms with van der Waals surface area (Å²) in [5, 5.41) is 9.60. The summed E-state index contributed by atoms with van der Waals surface area (Å²) in [6.45, 7) is 2.90. The SMILES string of the molecule is COC[C@@H]1C[C@@H](O)CN1C(=O)C(C)CSC. The molecule has 4 nitrogen and oxygen atoms in total. The topological polar surface area (TPSA) is 49.8 Å². The third-order valence-corrected chi connectivity index (χ3v) is 3.71. The molecule has 0 aliphatic carbocycles. The second kappa shape index (κ2) is 6.47. The highest BCUT2D eigenvalue weighted by atomic mass is 32.2. The molecular formula is C11H21NO3S. The number of amides is 1. The van der Waals surface area contributed by atoms with Gasteiger partial charge in [-0.1, -0.05) is 6.92 Å². The number of hydrogen-bond donors (Lipinski definition) is 1. The summed E-state index contributed by atoms with van der Waals surface area (Å²) in [5.74, 6) is 0.970. The van der Waals surface area contributed by atoms with Gasteiger partial charge in [-0.05, 0) is 12.7 Å². The Balaban J connectivity index is 2.58. The van der Waals surface area contributed by atoms with Crippen LogP contribution in [-0.2, 0) is 9.53 Å². The summed E-state index contributed by atoms with van der Waals surface area (Å²) < 4.78 is 5.08. The molecule has 0 aromatic rings. The van der Waals surface area contributed by atoms with E-state index in [4.69, 9.17) is 4.74 Å². The molecule has 1 heterocycles. The number of carbonyl (C=O) groups excluding carboxylic acids is 1. The van der Waals surface area contributed by atoms with Gasteiger partial charge in [0.15, 0.2) is 0 Å². The molecule has 3 atom stereocenters. The molecule has 5 heteroatoms. The molecular weight excluding hydrogens is 226 g/mol. The average molecular weight is 247 g/mol. The first-order chi connectivity index (χ1) is 7.60. The van der Waals surface area contributed by atoms with Crippen LogP contribution in [0.5, 0.6) is 0 Å². The monoisotopic (exact) mass is 247 g/mol. The molecule has 1 saturated heterocycles. The van der Waals surface area contributed by atoms with E-state index in [0.29, 0.717) is 19.6 Å². The second-order valence-electron chi connectivity index (χ2n) is 4.35. The molecule has 0 bridgehead atoms. The van der Waals surface area contributed by atoms with Crippen LogP contribution >= 0.6 is 11.8 Å². The van der Waals surface area contributed by atoms with Crippen LogP contribution in [0.2, 0.25) is 0 Å². The first-order valence-corrected chi connectivity index (χ1v) is 6.96. The van der Waals surface area contributed by atoms with E-state index < -0.39 is 6.10 Å². The van der Waals surface area contributed by atoms with Crippen LogP contribution < -0.4 is 0 Å². The number of carbonyl (C=O) groups is 1. The molecule has 0 spiro atoms. The highest BCUT2D eigenvalue weighted by Gasteiger charge is 2.35. The fourth-order valence-corrected chi connectivity index (χ4v) is 2.76. The minimum atomic E-state index is -0.398. The number of methoxy groups -OCH3 is 1. The van der Waals surface area contributed by atoms with E-state index in [0.717, 1.165) is 5.75 Å². The average Bonchev–Trinajstić information content (AvgIpc) is 2.59. The number of aliphatic hydroxyl groups is 1. The Bertz CT molecular complexity index is 237. The molecule has 1 amide bonds. The molecule has 0 aromatic carbocycles. The molecule has 1 fully saturated rings. The molecule has 1 N–H and O–H groups in total. The van der Waals surface area contributed by atoms with E-state index in [-0.39, 0.29) is 17.9 Å². The van der Waals surface area contributed by atoms with Gasteiger partial charge in [0, 0.05) is 25.3 Å². The van der Waals surface area contributed by atoms with Crippen LogP contribution in [0.1, 0.15) is 13.3 Å². The minimum absolute atomic E-state index is 0.0136. The summed E-state index contributed by atoms with van der Waals surface area (Å²) in [6, 6.07) is 0.0387. The number of aliphatic hydroxyl groups excluding tert-OH is 1. The molecule has 94 valence electrons. The molecule has 1 unspecified atom stereocenters. The number of thioether (sulfide) groups is 1. The van der Waals surface area contributed by atoms with E-state index in [1.54, 1.807) is 23.8 Å². The van der Waals surface area contributed by atoms with Gasteiger partial charge in [-0.25, -0.2) is 0 Å². The lowest BCUT2D eigenvalue weighted by atomic mass is 10.1. The van der Waals surface area contributed by atoms with E-state index >= 15 is 0 Å². The minimum Gasteiger partial charge on any atom is -0.391 e. The Morgan fingerprint density at radius 1 is 1.69 bits per heavy atom. The number of rotatable bonds is 5. The van der Waals surface area contributed by atoms with Gasteiger partial charge in [0.2, 0.25) is 5.91 Å². The van der Waals surface area contributed by atoms with Gasteiger partial charge in [-0.2, -0.15) is 11.8 Å². The molecule has 1 rings (SSSR count). The highest BCUT2D eigenvalue weighted by molar-refractivity contribution is 7.98. The molecule has 0 aromatic heterocycles. The van der Waals surface area contributed by atoms with Crippen LogP contribution in [0.3, 0.4) is 0 Å². The maximum absolute atomic E-state index is 12.1. The van der Waals surface area contributed by atoms with Crippen molar-refractivity contribution in [2.24, 2.45) is 5.92 Å². The van der Waals surface area contributed by atoms with Crippen molar-refractivity contribution in [1.29, 1.82) is 0 Å². The third-order valence-electron chi connectivity index (χ3n) is 2.87. The first kappa shape index (κ1) is 13.8. The molecule has 0 saturated carbocycles. The quantitative estimate of drug-likeness (QED) is 0.772. The predicted molar refractivity (Wildman–Crippen MR) is 65.5 cm³/mol. The number of ether oxygens (including phenoxy) is 1. The summed E-state index contributed by atoms with van der Waals surface area (Å²) in [5.41, 5.74) is 0. The highest BCUT2D eigenvalue weighted by Crippen LogP contribution is 2.21. The lowest BCUT2D eigenvalue weighted by Crippen LogP contribution is -2.41. The van der Waals surface area contributed by atoms with Crippen molar-refractivity contribution in [2.45, 2.75) is 25.5 Å². The maximum Gasteiger partial charge on any atom is 0.226 e. The number of nitrogens with zero attached hydrogens (tertiary/aromatic N) is 1. The van der Waals surface area contributed by atoms with Crippen LogP contribution in [0.25, 0.3) is 0 Å². The van der Waals surface area contributed by atoms with Crippen molar-refractivity contribution in [3.05, 3.63) is 0 Å². The Morgan fingerprint density at radius 2 is 2.38 bits per heavy atom. The van der Waals surface area contributed by atoms with Crippen molar-refractivity contribution >= 4 is 17.7 Å². The van der Waals surface area contributed by atoms with Crippen LogP contribution in [-0.4, -0.2) is 60.3 Å². The van der Waals surface area contributed by atoms with Crippen molar-refractivity contribution in [2.75, 3.05) is 32.3 Å². The Labute approximate surface area is 101 Å². The van der Waals surface area contributed by atoms with Crippen molar-refractivity contribution in [3.63, 3.8) is 0 Å². The van der Waals surface area contributed by atoms with Gasteiger partial charge in [-0.3, -0.25) is 4.79 Å². The van der Waals surface area contributed by atoms with E-state index in [1.807, 2.05) is 13.2 Å². The Hall–Kier alpha value is -0.260. The lowest BCUT2D eigenvalue weighted by molar-refractivity contribution is -0.136. The lowest BCUT2D eigenvalue weighted by Gasteiger charge is -2.26. The third kappa shape index (κ3) is 3.37. The molecule has 1 aliphatic heterocycles. The zero-order valence-electron chi connectivity index (χ0n) is 10.2. The Morgan fingerprint density at radius 3 is 2.94 bits per heavy atom. The van der Waals surface area contributed by atoms with Gasteiger partial charge in [0.25, 0.3) is 0 Å². The zero-order chi connectivity index (χ0) is 12.1. The summed E-state index contributed by atoms with van der Waals surface area (Å²) in [7, 11) is 1.62. The van der Waals surface area contributed by atoms with Crippen LogP contribution in [0, 0.1) is 5.92 Å². The fraction of sp³-hybridized carbons (Fsp3) is 0.909.